The molecule has 17 heteroatoms. The normalized spacial score (nSPS) is 28.1. The van der Waals surface area contributed by atoms with Crippen LogP contribution in [-0.4, -0.2) is 94.1 Å². The second-order valence-corrected chi connectivity index (χ2v) is 17.7. The van der Waals surface area contributed by atoms with Crippen LogP contribution in [0, 0.1) is 5.92 Å². The zero-order chi connectivity index (χ0) is 38.3. The molecule has 2 aliphatic heterocycles. The van der Waals surface area contributed by atoms with Crippen LogP contribution >= 0.6 is 0 Å². The Morgan fingerprint density at radius 2 is 1.74 bits per heavy atom. The molecule has 6 rings (SSSR count). The van der Waals surface area contributed by atoms with E-state index in [4.69, 9.17) is 9.47 Å². The van der Waals surface area contributed by atoms with Gasteiger partial charge in [0.05, 0.1) is 22.8 Å². The molecule has 1 aromatic carbocycles. The molecule has 3 heterocycles. The van der Waals surface area contributed by atoms with Gasteiger partial charge in [-0.2, -0.15) is 0 Å². The largest absolute Gasteiger partial charge is 0.471 e. The Labute approximate surface area is 307 Å². The van der Waals surface area contributed by atoms with Crippen LogP contribution < -0.4 is 20.1 Å². The fourth-order valence-electron chi connectivity index (χ4n) is 7.21. The number of para-hydroxylation sites is 2. The van der Waals surface area contributed by atoms with E-state index < -0.39 is 93.1 Å². The Balaban J connectivity index is 1.33. The van der Waals surface area contributed by atoms with E-state index in [1.165, 1.54) is 4.90 Å². The number of nitrogens with zero attached hydrogens (tertiary/aromatic N) is 3. The minimum Gasteiger partial charge on any atom is -0.471 e. The first kappa shape index (κ1) is 38.6. The Morgan fingerprint density at radius 3 is 2.40 bits per heavy atom. The van der Waals surface area contributed by atoms with Gasteiger partial charge in [0, 0.05) is 19.3 Å². The smallest absolute Gasteiger partial charge is 0.408 e. The summed E-state index contributed by atoms with van der Waals surface area (Å²) in [4.78, 5) is 65.9. The highest BCUT2D eigenvalue weighted by Gasteiger charge is 2.65. The van der Waals surface area contributed by atoms with Gasteiger partial charge in [0.2, 0.25) is 33.6 Å². The SMILES string of the molecule is CCc1nc2ccccc2nc1O[C@@H]1C[C@H]2C(=O)N[C@]3(C(=O)NS(=O)(=O)C4CC4)C[C@H]3CC(F)(F)CCCCC[C@H](NC(=O)OC(C)(C)C)C(=O)N2C1. The third-order valence-corrected chi connectivity index (χ3v) is 12.0. The average molecular weight is 763 g/mol. The molecule has 0 bridgehead atoms. The van der Waals surface area contributed by atoms with Crippen molar-refractivity contribution in [3.63, 3.8) is 0 Å². The Hall–Kier alpha value is -4.15. The number of benzene rings is 1. The lowest BCUT2D eigenvalue weighted by molar-refractivity contribution is -0.141. The van der Waals surface area contributed by atoms with Crippen LogP contribution in [0.3, 0.4) is 0 Å². The van der Waals surface area contributed by atoms with Gasteiger partial charge in [-0.25, -0.2) is 32.0 Å². The molecule has 0 radical (unpaired) electrons. The lowest BCUT2D eigenvalue weighted by Crippen LogP contribution is -2.58. The Bertz CT molecular complexity index is 1870. The molecule has 4 aliphatic rings. The number of aromatic nitrogens is 2. The van der Waals surface area contributed by atoms with Crippen molar-refractivity contribution < 1.29 is 45.9 Å². The standard InChI is InChI=1S/C36H48F2N6O8S/c1-5-24-30(40-26-12-9-8-11-25(26)39-24)51-22-17-28-29(45)42-36(32(47)43-53(49,50)23-14-15-23)19-21(36)18-35(37,38)16-10-6-7-13-27(31(46)44(28)20-22)41-33(48)52-34(2,3)4/h8-9,11-12,21-23,27-28H,5-7,10,13-20H2,1-4H3,(H,41,48)(H,42,45)(H,43,47)/t21-,22-,27+,28+,36-/m1/s1. The molecular formula is C36H48F2N6O8S. The van der Waals surface area contributed by atoms with E-state index in [1.807, 2.05) is 29.8 Å². The summed E-state index contributed by atoms with van der Waals surface area (Å²) in [6, 6.07) is 4.80. The summed E-state index contributed by atoms with van der Waals surface area (Å²) >= 11 is 0. The number of alkyl halides is 2. The number of aryl methyl sites for hydroxylation is 1. The molecule has 3 N–H and O–H groups in total. The van der Waals surface area contributed by atoms with Crippen molar-refractivity contribution in [2.45, 2.75) is 139 Å². The summed E-state index contributed by atoms with van der Waals surface area (Å²) in [5.41, 5.74) is -1.01. The van der Waals surface area contributed by atoms with E-state index in [9.17, 15) is 27.6 Å². The number of hydrogen-bond donors (Lipinski definition) is 3. The summed E-state index contributed by atoms with van der Waals surface area (Å²) in [6.07, 6.45) is -1.14. The van der Waals surface area contributed by atoms with Crippen molar-refractivity contribution in [2.24, 2.45) is 5.92 Å². The summed E-state index contributed by atoms with van der Waals surface area (Å²) in [6.45, 7) is 6.78. The molecule has 2 aliphatic carbocycles. The monoisotopic (exact) mass is 762 g/mol. The number of carbonyl (C=O) groups excluding carboxylic acids is 4. The van der Waals surface area contributed by atoms with Crippen LogP contribution in [0.5, 0.6) is 5.88 Å². The number of sulfonamides is 1. The third-order valence-electron chi connectivity index (χ3n) is 10.2. The minimum atomic E-state index is -4.07. The molecule has 0 unspecified atom stereocenters. The maximum atomic E-state index is 15.3. The van der Waals surface area contributed by atoms with E-state index in [0.717, 1.165) is 0 Å². The first-order valence-corrected chi connectivity index (χ1v) is 19.9. The molecule has 2 aromatic rings. The predicted octanol–water partition coefficient (Wildman–Crippen LogP) is 3.91. The number of carbonyl (C=O) groups is 4. The summed E-state index contributed by atoms with van der Waals surface area (Å²) in [5, 5.41) is 4.49. The van der Waals surface area contributed by atoms with Gasteiger partial charge >= 0.3 is 6.09 Å². The molecule has 53 heavy (non-hydrogen) atoms. The van der Waals surface area contributed by atoms with Gasteiger partial charge in [-0.3, -0.25) is 19.1 Å². The number of hydrogen-bond acceptors (Lipinski definition) is 10. The van der Waals surface area contributed by atoms with Crippen molar-refractivity contribution >= 4 is 44.9 Å². The van der Waals surface area contributed by atoms with Crippen LogP contribution in [0.4, 0.5) is 13.6 Å². The molecule has 14 nitrogen and oxygen atoms in total. The minimum absolute atomic E-state index is 0.0761. The second-order valence-electron chi connectivity index (χ2n) is 15.7. The zero-order valence-electron chi connectivity index (χ0n) is 30.5. The van der Waals surface area contributed by atoms with Crippen LogP contribution in [0.2, 0.25) is 0 Å². The zero-order valence-corrected chi connectivity index (χ0v) is 31.3. The molecule has 290 valence electrons. The first-order valence-electron chi connectivity index (χ1n) is 18.4. The quantitative estimate of drug-likeness (QED) is 0.374. The highest BCUT2D eigenvalue weighted by molar-refractivity contribution is 7.91. The van der Waals surface area contributed by atoms with Gasteiger partial charge in [0.1, 0.15) is 35.0 Å². The van der Waals surface area contributed by atoms with Gasteiger partial charge in [0.15, 0.2) is 0 Å². The molecular weight excluding hydrogens is 714 g/mol. The number of fused-ring (bicyclic) bond motifs is 3. The van der Waals surface area contributed by atoms with Crippen LogP contribution in [0.25, 0.3) is 11.0 Å². The van der Waals surface area contributed by atoms with E-state index in [1.54, 1.807) is 26.8 Å². The molecule has 4 fully saturated rings. The predicted molar refractivity (Wildman–Crippen MR) is 188 cm³/mol. The lowest BCUT2D eigenvalue weighted by atomic mass is 10.00. The molecule has 1 aromatic heterocycles. The summed E-state index contributed by atoms with van der Waals surface area (Å²) in [7, 11) is -4.07. The van der Waals surface area contributed by atoms with Gasteiger partial charge in [-0.15, -0.1) is 0 Å². The number of rotatable bonds is 7. The van der Waals surface area contributed by atoms with Crippen molar-refractivity contribution in [1.29, 1.82) is 0 Å². The fraction of sp³-hybridized carbons (Fsp3) is 0.667. The number of nitrogens with one attached hydrogen (secondary N) is 3. The number of ether oxygens (including phenoxy) is 2. The molecule has 5 atom stereocenters. The highest BCUT2D eigenvalue weighted by Crippen LogP contribution is 2.51. The van der Waals surface area contributed by atoms with Crippen LogP contribution in [0.1, 0.15) is 97.6 Å². The molecule has 0 spiro atoms. The van der Waals surface area contributed by atoms with Gasteiger partial charge in [-0.05, 0) is 77.3 Å². The maximum Gasteiger partial charge on any atom is 0.408 e. The Kier molecular flexibility index (Phi) is 10.6. The number of halogens is 2. The molecule has 4 amide bonds. The van der Waals surface area contributed by atoms with E-state index in [0.29, 0.717) is 48.8 Å². The maximum absolute atomic E-state index is 15.3. The van der Waals surface area contributed by atoms with Crippen molar-refractivity contribution in [3.8, 4) is 5.88 Å². The topological polar surface area (TPSA) is 186 Å². The first-order chi connectivity index (χ1) is 24.9. The van der Waals surface area contributed by atoms with Crippen molar-refractivity contribution in [1.82, 2.24) is 30.2 Å². The molecule has 2 saturated heterocycles. The van der Waals surface area contributed by atoms with Gasteiger partial charge in [0.25, 0.3) is 5.91 Å². The summed E-state index contributed by atoms with van der Waals surface area (Å²) in [5.74, 6) is -6.55. The number of amides is 4. The van der Waals surface area contributed by atoms with Crippen molar-refractivity contribution in [2.75, 3.05) is 6.54 Å². The third kappa shape index (κ3) is 8.98. The van der Waals surface area contributed by atoms with Crippen molar-refractivity contribution in [3.05, 3.63) is 30.0 Å². The molecule has 2 saturated carbocycles. The Morgan fingerprint density at radius 1 is 1.04 bits per heavy atom. The second kappa shape index (κ2) is 14.6. The van der Waals surface area contributed by atoms with E-state index in [2.05, 4.69) is 20.6 Å². The average Bonchev–Trinajstić information content (AvgIpc) is 3.99. The van der Waals surface area contributed by atoms with E-state index >= 15 is 8.78 Å². The van der Waals surface area contributed by atoms with Gasteiger partial charge in [-0.1, -0.05) is 31.9 Å². The highest BCUT2D eigenvalue weighted by atomic mass is 32.2. The van der Waals surface area contributed by atoms with Crippen LogP contribution in [0.15, 0.2) is 24.3 Å². The van der Waals surface area contributed by atoms with Gasteiger partial charge < -0.3 is 25.0 Å². The lowest BCUT2D eigenvalue weighted by Gasteiger charge is -2.30. The van der Waals surface area contributed by atoms with Crippen LogP contribution in [-0.2, 0) is 35.6 Å². The number of alkyl carbamates (subject to hydrolysis) is 1. The fourth-order valence-corrected chi connectivity index (χ4v) is 8.57. The van der Waals surface area contributed by atoms with E-state index in [-0.39, 0.29) is 38.1 Å². The summed E-state index contributed by atoms with van der Waals surface area (Å²) < 4.78 is 70.0.